The molecule has 1 aromatic carbocycles. The zero-order valence-electron chi connectivity index (χ0n) is 19.0. The topological polar surface area (TPSA) is 117 Å². The van der Waals surface area contributed by atoms with E-state index in [4.69, 9.17) is 14.9 Å². The molecule has 2 unspecified atom stereocenters. The lowest BCUT2D eigenvalue weighted by Gasteiger charge is -2.27. The largest absolute Gasteiger partial charge is 0.487 e. The van der Waals surface area contributed by atoms with E-state index in [2.05, 4.69) is 11.1 Å². The molecule has 9 heteroatoms. The third-order valence-corrected chi connectivity index (χ3v) is 8.14. The van der Waals surface area contributed by atoms with Crippen LogP contribution in [0.5, 0.6) is 5.75 Å². The lowest BCUT2D eigenvalue weighted by molar-refractivity contribution is -0.136. The fraction of sp³-hybridized carbons (Fsp3) is 0.480. The van der Waals surface area contributed by atoms with E-state index >= 15 is 0 Å². The molecule has 184 valence electrons. The van der Waals surface area contributed by atoms with Gasteiger partial charge in [0.15, 0.2) is 0 Å². The van der Waals surface area contributed by atoms with Crippen LogP contribution in [0, 0.1) is 0 Å². The van der Waals surface area contributed by atoms with E-state index in [-0.39, 0.29) is 24.5 Å². The van der Waals surface area contributed by atoms with E-state index in [1.165, 1.54) is 24.6 Å². The summed E-state index contributed by atoms with van der Waals surface area (Å²) in [6.07, 6.45) is 5.33. The summed E-state index contributed by atoms with van der Waals surface area (Å²) in [6.45, 7) is 0.286. The number of ether oxygens (including phenoxy) is 1. The quantitative estimate of drug-likeness (QED) is 0.334. The molecule has 1 aliphatic carbocycles. The van der Waals surface area contributed by atoms with Crippen LogP contribution in [0.15, 0.2) is 42.6 Å². The maximum Gasteiger partial charge on any atom is 0.313 e. The first-order chi connectivity index (χ1) is 16.5. The molecule has 0 spiro atoms. The molecule has 1 saturated carbocycles. The standard InChI is InChI=1S/C25H31NO6S2/c27-21(15-33-16-23(30)31)25(34-13-11-22(28)29)20-10-5-9-19(17-6-1-2-7-17)24(20)32-14-18-8-3-4-12-26-18/h3-5,8-10,12,17,21,25,27H,1-2,6-7,11,13-16H2,(H,28,29)(H,30,31). The van der Waals surface area contributed by atoms with Crippen molar-refractivity contribution in [2.75, 3.05) is 17.3 Å². The Kier molecular flexibility index (Phi) is 10.6. The van der Waals surface area contributed by atoms with Gasteiger partial charge in [-0.05, 0) is 36.5 Å². The van der Waals surface area contributed by atoms with Crippen LogP contribution < -0.4 is 4.74 Å². The van der Waals surface area contributed by atoms with Crippen molar-refractivity contribution in [3.8, 4) is 5.75 Å². The minimum absolute atomic E-state index is 0.0252. The number of benzene rings is 1. The Bertz CT molecular complexity index is 936. The van der Waals surface area contributed by atoms with Crippen LogP contribution >= 0.6 is 23.5 Å². The van der Waals surface area contributed by atoms with Gasteiger partial charge in [-0.1, -0.05) is 37.1 Å². The number of aliphatic hydroxyl groups is 1. The number of thioether (sulfide) groups is 2. The highest BCUT2D eigenvalue weighted by Crippen LogP contribution is 2.46. The third kappa shape index (κ3) is 7.92. The summed E-state index contributed by atoms with van der Waals surface area (Å²) >= 11 is 2.52. The molecule has 7 nitrogen and oxygen atoms in total. The molecule has 0 aliphatic heterocycles. The zero-order chi connectivity index (χ0) is 24.3. The van der Waals surface area contributed by atoms with Gasteiger partial charge in [-0.25, -0.2) is 0 Å². The smallest absolute Gasteiger partial charge is 0.313 e. The van der Waals surface area contributed by atoms with Crippen molar-refractivity contribution in [2.45, 2.75) is 56.0 Å². The van der Waals surface area contributed by atoms with Gasteiger partial charge in [0.1, 0.15) is 12.4 Å². The molecule has 0 bridgehead atoms. The van der Waals surface area contributed by atoms with Crippen molar-refractivity contribution in [1.82, 2.24) is 4.98 Å². The summed E-state index contributed by atoms with van der Waals surface area (Å²) < 4.78 is 6.36. The van der Waals surface area contributed by atoms with Crippen LogP contribution in [0.25, 0.3) is 0 Å². The lowest BCUT2D eigenvalue weighted by atomic mass is 9.93. The van der Waals surface area contributed by atoms with Crippen molar-refractivity contribution in [1.29, 1.82) is 0 Å². The number of pyridine rings is 1. The number of carbonyl (C=O) groups is 2. The van der Waals surface area contributed by atoms with E-state index in [1.807, 2.05) is 30.3 Å². The second-order valence-corrected chi connectivity index (χ2v) is 10.5. The Morgan fingerprint density at radius 1 is 1.09 bits per heavy atom. The summed E-state index contributed by atoms with van der Waals surface area (Å²) in [4.78, 5) is 26.4. The maximum atomic E-state index is 11.1. The zero-order valence-corrected chi connectivity index (χ0v) is 20.6. The monoisotopic (exact) mass is 505 g/mol. The van der Waals surface area contributed by atoms with Crippen LogP contribution in [0.1, 0.15) is 60.1 Å². The molecule has 1 aromatic heterocycles. The van der Waals surface area contributed by atoms with Crippen LogP contribution in [-0.4, -0.2) is 55.6 Å². The number of aromatic nitrogens is 1. The van der Waals surface area contributed by atoms with E-state index in [0.717, 1.165) is 47.2 Å². The first-order valence-corrected chi connectivity index (χ1v) is 13.6. The molecule has 3 N–H and O–H groups in total. The Labute approximate surface area is 208 Å². The molecule has 0 amide bonds. The average molecular weight is 506 g/mol. The lowest BCUT2D eigenvalue weighted by Crippen LogP contribution is -2.22. The summed E-state index contributed by atoms with van der Waals surface area (Å²) in [5, 5.41) is 28.7. The maximum absolute atomic E-state index is 11.1. The number of hydrogen-bond acceptors (Lipinski definition) is 7. The van der Waals surface area contributed by atoms with E-state index < -0.39 is 23.3 Å². The van der Waals surface area contributed by atoms with Gasteiger partial charge < -0.3 is 20.1 Å². The van der Waals surface area contributed by atoms with E-state index in [1.54, 1.807) is 6.20 Å². The highest BCUT2D eigenvalue weighted by Gasteiger charge is 2.29. The molecule has 2 atom stereocenters. The molecule has 34 heavy (non-hydrogen) atoms. The second kappa shape index (κ2) is 13.6. The van der Waals surface area contributed by atoms with Crippen molar-refractivity contribution in [3.05, 3.63) is 59.4 Å². The minimum atomic E-state index is -0.935. The molecule has 1 aliphatic rings. The molecule has 1 fully saturated rings. The first-order valence-electron chi connectivity index (χ1n) is 11.4. The van der Waals surface area contributed by atoms with E-state index in [9.17, 15) is 14.7 Å². The average Bonchev–Trinajstić information content (AvgIpc) is 3.35. The predicted molar refractivity (Wildman–Crippen MR) is 135 cm³/mol. The van der Waals surface area contributed by atoms with Crippen molar-refractivity contribution >= 4 is 35.5 Å². The number of para-hydroxylation sites is 1. The van der Waals surface area contributed by atoms with Crippen LogP contribution in [0.2, 0.25) is 0 Å². The van der Waals surface area contributed by atoms with Gasteiger partial charge in [0.05, 0.1) is 29.2 Å². The first kappa shape index (κ1) is 26.4. The number of carboxylic acid groups (broad SMARTS) is 2. The SMILES string of the molecule is O=C(O)CCSC(c1cccc(C2CCCC2)c1OCc1ccccn1)C(O)CSCC(=O)O. The summed E-state index contributed by atoms with van der Waals surface area (Å²) in [5.74, 6) is -0.271. The molecule has 0 saturated heterocycles. The Hall–Kier alpha value is -2.23. The number of aliphatic carboxylic acids is 2. The van der Waals surface area contributed by atoms with Crippen LogP contribution in [0.4, 0.5) is 0 Å². The number of hydrogen-bond donors (Lipinski definition) is 3. The fourth-order valence-corrected chi connectivity index (χ4v) is 6.27. The highest BCUT2D eigenvalue weighted by molar-refractivity contribution is 8.00. The summed E-state index contributed by atoms with van der Waals surface area (Å²) in [6, 6.07) is 11.6. The number of rotatable bonds is 14. The molecule has 2 aromatic rings. The Morgan fingerprint density at radius 2 is 1.88 bits per heavy atom. The third-order valence-electron chi connectivity index (χ3n) is 5.74. The molecule has 3 rings (SSSR count). The number of carboxylic acids is 2. The normalized spacial score (nSPS) is 15.7. The summed E-state index contributed by atoms with van der Waals surface area (Å²) in [7, 11) is 0. The highest BCUT2D eigenvalue weighted by atomic mass is 32.2. The summed E-state index contributed by atoms with van der Waals surface area (Å²) in [5.41, 5.74) is 2.72. The van der Waals surface area contributed by atoms with Crippen molar-refractivity contribution < 1.29 is 29.6 Å². The Balaban J connectivity index is 1.91. The van der Waals surface area contributed by atoms with Gasteiger partial charge in [-0.3, -0.25) is 14.6 Å². The van der Waals surface area contributed by atoms with Gasteiger partial charge in [-0.2, -0.15) is 11.8 Å². The molecule has 0 radical (unpaired) electrons. The Morgan fingerprint density at radius 3 is 2.56 bits per heavy atom. The van der Waals surface area contributed by atoms with Gasteiger partial charge in [0.2, 0.25) is 0 Å². The minimum Gasteiger partial charge on any atom is -0.487 e. The number of nitrogens with zero attached hydrogens (tertiary/aromatic N) is 1. The van der Waals surface area contributed by atoms with Crippen LogP contribution in [-0.2, 0) is 16.2 Å². The van der Waals surface area contributed by atoms with Gasteiger partial charge in [-0.15, -0.1) is 11.8 Å². The van der Waals surface area contributed by atoms with Crippen molar-refractivity contribution in [3.63, 3.8) is 0 Å². The van der Waals surface area contributed by atoms with Crippen molar-refractivity contribution in [2.24, 2.45) is 0 Å². The van der Waals surface area contributed by atoms with Crippen LogP contribution in [0.3, 0.4) is 0 Å². The predicted octanol–water partition coefficient (Wildman–Crippen LogP) is 4.75. The van der Waals surface area contributed by atoms with Gasteiger partial charge in [0.25, 0.3) is 0 Å². The van der Waals surface area contributed by atoms with E-state index in [0.29, 0.717) is 11.7 Å². The molecular weight excluding hydrogens is 474 g/mol. The molecular formula is C25H31NO6S2. The van der Waals surface area contributed by atoms with Gasteiger partial charge in [0, 0.05) is 23.3 Å². The second-order valence-electron chi connectivity index (χ2n) is 8.27. The fourth-order valence-electron chi connectivity index (χ4n) is 4.19. The molecule has 1 heterocycles. The van der Waals surface area contributed by atoms with Gasteiger partial charge >= 0.3 is 11.9 Å². The number of aliphatic hydroxyl groups excluding tert-OH is 1.